The lowest BCUT2D eigenvalue weighted by molar-refractivity contribution is -0.120. The first-order valence-electron chi connectivity index (χ1n) is 7.64. The molecule has 0 spiro atoms. The zero-order valence-corrected chi connectivity index (χ0v) is 14.8. The number of aromatic nitrogens is 2. The lowest BCUT2D eigenvalue weighted by Crippen LogP contribution is -2.25. The van der Waals surface area contributed by atoms with Crippen LogP contribution in [0.15, 0.2) is 18.2 Å². The summed E-state index contributed by atoms with van der Waals surface area (Å²) in [4.78, 5) is 12.2. The van der Waals surface area contributed by atoms with Crippen LogP contribution in [0, 0.1) is 19.7 Å². The van der Waals surface area contributed by atoms with Crippen LogP contribution in [0.2, 0.25) is 5.02 Å². The summed E-state index contributed by atoms with van der Waals surface area (Å²) in [5.74, 6) is -0.530. The van der Waals surface area contributed by atoms with E-state index in [1.54, 1.807) is 13.2 Å². The predicted molar refractivity (Wildman–Crippen MR) is 90.5 cm³/mol. The molecule has 130 valence electrons. The highest BCUT2D eigenvalue weighted by Crippen LogP contribution is 2.17. The van der Waals surface area contributed by atoms with E-state index < -0.39 is 5.82 Å². The van der Waals surface area contributed by atoms with Crippen molar-refractivity contribution in [2.75, 3.05) is 13.7 Å². The van der Waals surface area contributed by atoms with E-state index in [0.717, 1.165) is 17.0 Å². The third kappa shape index (κ3) is 4.55. The number of carbonyl (C=O) groups is 1. The highest BCUT2D eigenvalue weighted by atomic mass is 35.5. The first-order chi connectivity index (χ1) is 11.4. The highest BCUT2D eigenvalue weighted by Gasteiger charge is 2.15. The minimum atomic E-state index is -0.398. The number of ether oxygens (including phenoxy) is 1. The molecule has 1 N–H and O–H groups in total. The Kier molecular flexibility index (Phi) is 6.34. The molecule has 0 saturated carbocycles. The Bertz CT molecular complexity index is 731. The minimum Gasteiger partial charge on any atom is -0.383 e. The number of rotatable bonds is 7. The van der Waals surface area contributed by atoms with Crippen molar-refractivity contribution < 1.29 is 13.9 Å². The van der Waals surface area contributed by atoms with Gasteiger partial charge in [0.1, 0.15) is 5.82 Å². The van der Waals surface area contributed by atoms with Crippen LogP contribution in [-0.4, -0.2) is 29.4 Å². The topological polar surface area (TPSA) is 56.2 Å². The number of carbonyl (C=O) groups excluding carboxylic acids is 1. The van der Waals surface area contributed by atoms with Crippen molar-refractivity contribution in [3.8, 4) is 0 Å². The maximum atomic E-state index is 13.0. The fraction of sp³-hybridized carbons (Fsp3) is 0.412. The van der Waals surface area contributed by atoms with Crippen molar-refractivity contribution >= 4 is 17.5 Å². The second kappa shape index (κ2) is 8.26. The number of halogens is 2. The van der Waals surface area contributed by atoms with Crippen LogP contribution in [0.5, 0.6) is 0 Å². The molecule has 0 bridgehead atoms. The Morgan fingerprint density at radius 3 is 2.83 bits per heavy atom. The van der Waals surface area contributed by atoms with Gasteiger partial charge in [0.15, 0.2) is 0 Å². The van der Waals surface area contributed by atoms with Crippen LogP contribution in [-0.2, 0) is 29.0 Å². The molecule has 2 aromatic rings. The molecular weight excluding hydrogens is 333 g/mol. The van der Waals surface area contributed by atoms with E-state index in [9.17, 15) is 9.18 Å². The quantitative estimate of drug-likeness (QED) is 0.832. The average Bonchev–Trinajstić information content (AvgIpc) is 2.79. The molecule has 1 amide bonds. The van der Waals surface area contributed by atoms with Gasteiger partial charge in [-0.3, -0.25) is 9.48 Å². The van der Waals surface area contributed by atoms with Crippen LogP contribution in [0.4, 0.5) is 4.39 Å². The summed E-state index contributed by atoms with van der Waals surface area (Å²) in [6, 6.07) is 4.12. The molecule has 5 nitrogen and oxygen atoms in total. The number of hydrogen-bond acceptors (Lipinski definition) is 3. The van der Waals surface area contributed by atoms with Crippen LogP contribution in [0.25, 0.3) is 0 Å². The van der Waals surface area contributed by atoms with Crippen molar-refractivity contribution in [3.05, 3.63) is 51.6 Å². The van der Waals surface area contributed by atoms with Gasteiger partial charge in [-0.15, -0.1) is 0 Å². The summed E-state index contributed by atoms with van der Waals surface area (Å²) < 4.78 is 19.9. The van der Waals surface area contributed by atoms with Crippen LogP contribution < -0.4 is 5.32 Å². The Labute approximate surface area is 145 Å². The van der Waals surface area contributed by atoms with Gasteiger partial charge in [0.25, 0.3) is 0 Å². The number of benzene rings is 1. The van der Waals surface area contributed by atoms with Crippen molar-refractivity contribution in [1.29, 1.82) is 0 Å². The third-order valence-corrected chi connectivity index (χ3v) is 4.22. The number of hydrogen-bond donors (Lipinski definition) is 1. The molecular formula is C17H21ClFN3O2. The minimum absolute atomic E-state index is 0.132. The normalized spacial score (nSPS) is 10.9. The summed E-state index contributed by atoms with van der Waals surface area (Å²) in [7, 11) is 1.64. The lowest BCUT2D eigenvalue weighted by Gasteiger charge is -2.08. The van der Waals surface area contributed by atoms with Crippen molar-refractivity contribution in [3.63, 3.8) is 0 Å². The number of aryl methyl sites for hydroxylation is 1. The van der Waals surface area contributed by atoms with Gasteiger partial charge in [0.2, 0.25) is 5.91 Å². The molecule has 0 aliphatic carbocycles. The Morgan fingerprint density at radius 2 is 2.17 bits per heavy atom. The molecule has 0 aliphatic rings. The number of nitrogens with one attached hydrogen (secondary N) is 1. The summed E-state index contributed by atoms with van der Waals surface area (Å²) in [6.07, 6.45) is 0.240. The van der Waals surface area contributed by atoms with E-state index in [0.29, 0.717) is 23.7 Å². The van der Waals surface area contributed by atoms with Gasteiger partial charge in [0.05, 0.1) is 25.3 Å². The largest absolute Gasteiger partial charge is 0.383 e. The summed E-state index contributed by atoms with van der Waals surface area (Å²) in [5.41, 5.74) is 3.38. The molecule has 2 rings (SSSR count). The first-order valence-corrected chi connectivity index (χ1v) is 8.02. The molecule has 1 heterocycles. The fourth-order valence-electron chi connectivity index (χ4n) is 2.47. The number of nitrogens with zero attached hydrogens (tertiary/aromatic N) is 2. The maximum Gasteiger partial charge on any atom is 0.224 e. The molecule has 1 aromatic heterocycles. The van der Waals surface area contributed by atoms with Gasteiger partial charge < -0.3 is 10.1 Å². The molecule has 0 atom stereocenters. The smallest absolute Gasteiger partial charge is 0.224 e. The van der Waals surface area contributed by atoms with Crippen LogP contribution in [0.1, 0.15) is 22.5 Å². The average molecular weight is 354 g/mol. The van der Waals surface area contributed by atoms with E-state index in [4.69, 9.17) is 16.3 Å². The second-order valence-corrected chi connectivity index (χ2v) is 5.96. The Hall–Kier alpha value is -1.92. The first kappa shape index (κ1) is 18.4. The molecule has 24 heavy (non-hydrogen) atoms. The van der Waals surface area contributed by atoms with Crippen LogP contribution in [0.3, 0.4) is 0 Å². The van der Waals surface area contributed by atoms with Gasteiger partial charge in [-0.2, -0.15) is 5.10 Å². The molecule has 0 saturated heterocycles. The second-order valence-electron chi connectivity index (χ2n) is 5.55. The predicted octanol–water partition coefficient (Wildman–Crippen LogP) is 2.80. The summed E-state index contributed by atoms with van der Waals surface area (Å²) >= 11 is 5.96. The van der Waals surface area contributed by atoms with E-state index in [1.165, 1.54) is 12.1 Å². The molecule has 0 fully saturated rings. The zero-order chi connectivity index (χ0) is 17.7. The van der Waals surface area contributed by atoms with Gasteiger partial charge in [-0.05, 0) is 31.5 Å². The molecule has 0 radical (unpaired) electrons. The lowest BCUT2D eigenvalue weighted by atomic mass is 10.1. The molecule has 0 unspecified atom stereocenters. The van der Waals surface area contributed by atoms with E-state index >= 15 is 0 Å². The summed E-state index contributed by atoms with van der Waals surface area (Å²) in [6.45, 7) is 5.30. The zero-order valence-electron chi connectivity index (χ0n) is 14.0. The van der Waals surface area contributed by atoms with E-state index in [-0.39, 0.29) is 18.9 Å². The highest BCUT2D eigenvalue weighted by molar-refractivity contribution is 6.31. The molecule has 0 aliphatic heterocycles. The van der Waals surface area contributed by atoms with Crippen molar-refractivity contribution in [2.45, 2.75) is 33.4 Å². The molecule has 7 heteroatoms. The van der Waals surface area contributed by atoms with Gasteiger partial charge in [-0.25, -0.2) is 4.39 Å². The van der Waals surface area contributed by atoms with Crippen molar-refractivity contribution in [1.82, 2.24) is 15.1 Å². The van der Waals surface area contributed by atoms with E-state index in [1.807, 2.05) is 18.5 Å². The third-order valence-electron chi connectivity index (χ3n) is 3.87. The summed E-state index contributed by atoms with van der Waals surface area (Å²) in [5, 5.41) is 7.54. The SMILES string of the molecule is COCCn1nc(C)c(CC(=O)NCc2ccc(F)cc2Cl)c1C. The fourth-order valence-corrected chi connectivity index (χ4v) is 2.70. The van der Waals surface area contributed by atoms with Gasteiger partial charge in [0, 0.05) is 29.9 Å². The Morgan fingerprint density at radius 1 is 1.42 bits per heavy atom. The van der Waals surface area contributed by atoms with Crippen LogP contribution >= 0.6 is 11.6 Å². The Balaban J connectivity index is 1.98. The van der Waals surface area contributed by atoms with E-state index in [2.05, 4.69) is 10.4 Å². The standard InChI is InChI=1S/C17H21ClFN3O2/c1-11-15(12(2)22(21-11)6-7-24-3)9-17(23)20-10-13-4-5-14(19)8-16(13)18/h4-5,8H,6-7,9-10H2,1-3H3,(H,20,23). The van der Waals surface area contributed by atoms with Gasteiger partial charge >= 0.3 is 0 Å². The number of methoxy groups -OCH3 is 1. The van der Waals surface area contributed by atoms with Crippen molar-refractivity contribution in [2.24, 2.45) is 0 Å². The number of amides is 1. The van der Waals surface area contributed by atoms with Gasteiger partial charge in [-0.1, -0.05) is 17.7 Å². The molecule has 1 aromatic carbocycles. The maximum absolute atomic E-state index is 13.0. The monoisotopic (exact) mass is 353 g/mol.